The van der Waals surface area contributed by atoms with Gasteiger partial charge in [0, 0.05) is 10.5 Å². The van der Waals surface area contributed by atoms with E-state index >= 15 is 0 Å². The highest BCUT2D eigenvalue weighted by atomic mass is 79.9. The summed E-state index contributed by atoms with van der Waals surface area (Å²) in [4.78, 5) is 4.21. The lowest BCUT2D eigenvalue weighted by Gasteiger charge is -2.09. The lowest BCUT2D eigenvalue weighted by atomic mass is 10.2. The Morgan fingerprint density at radius 2 is 2.00 bits per heavy atom. The number of hydrogen-bond donors (Lipinski definition) is 1. The summed E-state index contributed by atoms with van der Waals surface area (Å²) in [6.07, 6.45) is 0. The number of nitriles is 1. The minimum absolute atomic E-state index is 0.196. The molecule has 2 N–H and O–H groups in total. The molecule has 0 unspecified atom stereocenters. The first-order chi connectivity index (χ1) is 10.0. The predicted octanol–water partition coefficient (Wildman–Crippen LogP) is 4.14. The first kappa shape index (κ1) is 14.0. The molecule has 0 aliphatic carbocycles. The number of anilines is 1. The zero-order valence-electron chi connectivity index (χ0n) is 10.4. The van der Waals surface area contributed by atoms with Crippen LogP contribution in [0.2, 0.25) is 0 Å². The van der Waals surface area contributed by atoms with Gasteiger partial charge >= 0.3 is 0 Å². The Kier molecular flexibility index (Phi) is 3.43. The number of benzene rings is 2. The molecule has 104 valence electrons. The van der Waals surface area contributed by atoms with Gasteiger partial charge in [0.05, 0.1) is 26.8 Å². The van der Waals surface area contributed by atoms with Gasteiger partial charge in [-0.1, -0.05) is 15.9 Å². The molecule has 0 spiro atoms. The smallest absolute Gasteiger partial charge is 0.205 e. The molecule has 2 aromatic carbocycles. The highest BCUT2D eigenvalue weighted by Gasteiger charge is 2.15. The fraction of sp³-hybridized carbons (Fsp3) is 0. The van der Waals surface area contributed by atoms with Crippen molar-refractivity contribution < 1.29 is 4.39 Å². The standard InChI is InChI=1S/C14H7Br2FN4/c15-8-1-2-12(7(3-8)6-18)21-13-5-10(17)9(16)4-11(13)20-14(21)19/h1-5H,(H2,19,20). The molecule has 4 nitrogen and oxygen atoms in total. The van der Waals surface area contributed by atoms with E-state index in [2.05, 4.69) is 42.9 Å². The maximum Gasteiger partial charge on any atom is 0.205 e. The zero-order chi connectivity index (χ0) is 15.1. The number of rotatable bonds is 1. The molecule has 1 heterocycles. The molecule has 0 amide bonds. The van der Waals surface area contributed by atoms with Crippen LogP contribution in [0.1, 0.15) is 5.56 Å². The Morgan fingerprint density at radius 1 is 1.24 bits per heavy atom. The first-order valence-electron chi connectivity index (χ1n) is 5.84. The predicted molar refractivity (Wildman–Crippen MR) is 85.6 cm³/mol. The normalized spacial score (nSPS) is 10.8. The average Bonchev–Trinajstić information content (AvgIpc) is 2.75. The summed E-state index contributed by atoms with van der Waals surface area (Å²) in [6, 6.07) is 10.2. The van der Waals surface area contributed by atoms with Crippen molar-refractivity contribution in [2.24, 2.45) is 0 Å². The number of imidazole rings is 1. The minimum atomic E-state index is -0.417. The molecule has 21 heavy (non-hydrogen) atoms. The van der Waals surface area contributed by atoms with Crippen molar-refractivity contribution in [3.63, 3.8) is 0 Å². The van der Waals surface area contributed by atoms with Crippen LogP contribution in [0.5, 0.6) is 0 Å². The van der Waals surface area contributed by atoms with Gasteiger partial charge in [-0.15, -0.1) is 0 Å². The monoisotopic (exact) mass is 408 g/mol. The van der Waals surface area contributed by atoms with Crippen molar-refractivity contribution in [2.45, 2.75) is 0 Å². The number of hydrogen-bond acceptors (Lipinski definition) is 3. The molecule has 7 heteroatoms. The molecular weight excluding hydrogens is 403 g/mol. The SMILES string of the molecule is N#Cc1cc(Br)ccc1-n1c(N)nc2cc(Br)c(F)cc21. The molecule has 0 saturated carbocycles. The van der Waals surface area contributed by atoms with Crippen LogP contribution < -0.4 is 5.73 Å². The summed E-state index contributed by atoms with van der Waals surface area (Å²) < 4.78 is 16.5. The molecule has 0 atom stereocenters. The summed E-state index contributed by atoms with van der Waals surface area (Å²) in [5.74, 6) is -0.222. The van der Waals surface area contributed by atoms with Gasteiger partial charge in [-0.3, -0.25) is 4.57 Å². The second-order valence-electron chi connectivity index (χ2n) is 4.33. The van der Waals surface area contributed by atoms with E-state index < -0.39 is 5.82 Å². The zero-order valence-corrected chi connectivity index (χ0v) is 13.6. The van der Waals surface area contributed by atoms with Crippen molar-refractivity contribution in [1.29, 1.82) is 5.26 Å². The fourth-order valence-electron chi connectivity index (χ4n) is 2.14. The van der Waals surface area contributed by atoms with Crippen molar-refractivity contribution in [2.75, 3.05) is 5.73 Å². The maximum atomic E-state index is 13.8. The van der Waals surface area contributed by atoms with E-state index in [-0.39, 0.29) is 5.95 Å². The molecule has 0 bridgehead atoms. The van der Waals surface area contributed by atoms with E-state index in [9.17, 15) is 9.65 Å². The van der Waals surface area contributed by atoms with E-state index in [0.29, 0.717) is 26.8 Å². The van der Waals surface area contributed by atoms with Crippen LogP contribution in [0.3, 0.4) is 0 Å². The van der Waals surface area contributed by atoms with E-state index in [1.165, 1.54) is 6.07 Å². The largest absolute Gasteiger partial charge is 0.369 e. The molecule has 0 saturated heterocycles. The third-order valence-corrected chi connectivity index (χ3v) is 4.14. The Morgan fingerprint density at radius 3 is 2.71 bits per heavy atom. The van der Waals surface area contributed by atoms with Crippen LogP contribution in [0.4, 0.5) is 10.3 Å². The highest BCUT2D eigenvalue weighted by molar-refractivity contribution is 9.10. The van der Waals surface area contributed by atoms with E-state index in [0.717, 1.165) is 4.47 Å². The topological polar surface area (TPSA) is 67.6 Å². The third-order valence-electron chi connectivity index (χ3n) is 3.04. The van der Waals surface area contributed by atoms with E-state index in [1.54, 1.807) is 28.8 Å². The van der Waals surface area contributed by atoms with Gasteiger partial charge in [-0.25, -0.2) is 9.37 Å². The Bertz CT molecular complexity index is 911. The summed E-state index contributed by atoms with van der Waals surface area (Å²) in [5, 5.41) is 9.28. The van der Waals surface area contributed by atoms with Gasteiger partial charge in [0.25, 0.3) is 0 Å². The number of aromatic nitrogens is 2. The van der Waals surface area contributed by atoms with Gasteiger partial charge in [0.15, 0.2) is 0 Å². The summed E-state index contributed by atoms with van der Waals surface area (Å²) >= 11 is 6.44. The van der Waals surface area contributed by atoms with Crippen molar-refractivity contribution in [3.8, 4) is 11.8 Å². The molecule has 3 rings (SSSR count). The summed E-state index contributed by atoms with van der Waals surface area (Å²) in [7, 11) is 0. The number of fused-ring (bicyclic) bond motifs is 1. The second kappa shape index (κ2) is 5.13. The first-order valence-corrected chi connectivity index (χ1v) is 7.43. The van der Waals surface area contributed by atoms with Gasteiger partial charge in [-0.2, -0.15) is 5.26 Å². The highest BCUT2D eigenvalue weighted by Crippen LogP contribution is 2.30. The minimum Gasteiger partial charge on any atom is -0.369 e. The van der Waals surface area contributed by atoms with Crippen LogP contribution in [-0.2, 0) is 0 Å². The van der Waals surface area contributed by atoms with Gasteiger partial charge < -0.3 is 5.73 Å². The molecule has 0 aliphatic rings. The lowest BCUT2D eigenvalue weighted by Crippen LogP contribution is -2.03. The quantitative estimate of drug-likeness (QED) is 0.656. The molecule has 0 radical (unpaired) electrons. The molecule has 3 aromatic rings. The van der Waals surface area contributed by atoms with Gasteiger partial charge in [-0.05, 0) is 40.2 Å². The Labute approximate surface area is 136 Å². The van der Waals surface area contributed by atoms with E-state index in [1.807, 2.05) is 0 Å². The molecular formula is C14H7Br2FN4. The molecule has 0 fully saturated rings. The number of nitrogen functional groups attached to an aromatic ring is 1. The second-order valence-corrected chi connectivity index (χ2v) is 6.10. The van der Waals surface area contributed by atoms with Gasteiger partial charge in [0.1, 0.15) is 11.9 Å². The Balaban J connectivity index is 2.38. The summed E-state index contributed by atoms with van der Waals surface area (Å²) in [5.41, 5.74) is 7.97. The van der Waals surface area contributed by atoms with Crippen molar-refractivity contribution >= 4 is 48.8 Å². The number of halogens is 3. The molecule has 0 aliphatic heterocycles. The van der Waals surface area contributed by atoms with Gasteiger partial charge in [0.2, 0.25) is 5.95 Å². The number of nitrogens with two attached hydrogens (primary N) is 1. The van der Waals surface area contributed by atoms with Crippen LogP contribution in [0, 0.1) is 17.1 Å². The van der Waals surface area contributed by atoms with Crippen LogP contribution in [-0.4, -0.2) is 9.55 Å². The van der Waals surface area contributed by atoms with E-state index in [4.69, 9.17) is 5.73 Å². The van der Waals surface area contributed by atoms with Crippen LogP contribution >= 0.6 is 31.9 Å². The fourth-order valence-corrected chi connectivity index (χ4v) is 2.83. The van der Waals surface area contributed by atoms with Crippen molar-refractivity contribution in [3.05, 3.63) is 50.7 Å². The third kappa shape index (κ3) is 2.30. The maximum absolute atomic E-state index is 13.8. The number of nitrogens with zero attached hydrogens (tertiary/aromatic N) is 3. The average molecular weight is 410 g/mol. The molecule has 1 aromatic heterocycles. The Hall–Kier alpha value is -1.91. The van der Waals surface area contributed by atoms with Crippen LogP contribution in [0.25, 0.3) is 16.7 Å². The lowest BCUT2D eigenvalue weighted by molar-refractivity contribution is 0.622. The van der Waals surface area contributed by atoms with Crippen molar-refractivity contribution in [1.82, 2.24) is 9.55 Å². The summed E-state index contributed by atoms with van der Waals surface area (Å²) in [6.45, 7) is 0. The van der Waals surface area contributed by atoms with Crippen LogP contribution in [0.15, 0.2) is 39.3 Å².